The Morgan fingerprint density at radius 3 is 2.88 bits per heavy atom. The van der Waals surface area contributed by atoms with Crippen LogP contribution in [0.1, 0.15) is 42.3 Å². The van der Waals surface area contributed by atoms with E-state index >= 15 is 0 Å². The molecule has 0 saturated heterocycles. The lowest BCUT2D eigenvalue weighted by Gasteiger charge is -2.19. The van der Waals surface area contributed by atoms with Gasteiger partial charge in [0.2, 0.25) is 0 Å². The quantitative estimate of drug-likeness (QED) is 0.786. The summed E-state index contributed by atoms with van der Waals surface area (Å²) in [6, 6.07) is 8.24. The molecule has 2 aromatic rings. The second kappa shape index (κ2) is 7.67. The fourth-order valence-electron chi connectivity index (χ4n) is 3.26. The maximum absolute atomic E-state index is 5.88. The number of aromatic nitrogens is 2. The van der Waals surface area contributed by atoms with Gasteiger partial charge in [-0.15, -0.1) is 0 Å². The highest BCUT2D eigenvalue weighted by Crippen LogP contribution is 2.24. The molecule has 1 aromatic heterocycles. The van der Waals surface area contributed by atoms with Gasteiger partial charge in [0.15, 0.2) is 0 Å². The number of aryl methyl sites for hydroxylation is 1. The summed E-state index contributed by atoms with van der Waals surface area (Å²) in [5.41, 5.74) is 6.22. The first-order chi connectivity index (χ1) is 11.6. The van der Waals surface area contributed by atoms with Gasteiger partial charge in [-0.25, -0.2) is 0 Å². The van der Waals surface area contributed by atoms with Crippen molar-refractivity contribution in [1.29, 1.82) is 0 Å². The smallest absolute Gasteiger partial charge is 0.124 e. The molecule has 0 radical (unpaired) electrons. The predicted octanol–water partition coefficient (Wildman–Crippen LogP) is 3.88. The van der Waals surface area contributed by atoms with Gasteiger partial charge in [-0.1, -0.05) is 24.8 Å². The van der Waals surface area contributed by atoms with Crippen LogP contribution >= 0.6 is 0 Å². The van der Waals surface area contributed by atoms with Crippen LogP contribution in [0.3, 0.4) is 0 Å². The van der Waals surface area contributed by atoms with Crippen molar-refractivity contribution < 1.29 is 4.74 Å². The van der Waals surface area contributed by atoms with E-state index in [1.807, 2.05) is 19.1 Å². The number of ether oxygens (including phenoxy) is 1. The largest absolute Gasteiger partial charge is 0.489 e. The van der Waals surface area contributed by atoms with Crippen molar-refractivity contribution >= 4 is 0 Å². The Hall–Kier alpha value is -2.07. The van der Waals surface area contributed by atoms with Gasteiger partial charge in [0.25, 0.3) is 0 Å². The first-order valence-electron chi connectivity index (χ1n) is 8.72. The molecule has 0 aliphatic heterocycles. The molecule has 128 valence electrons. The van der Waals surface area contributed by atoms with E-state index in [1.165, 1.54) is 35.4 Å². The molecule has 1 N–H and O–H groups in total. The van der Waals surface area contributed by atoms with Crippen LogP contribution in [0.4, 0.5) is 0 Å². The molecule has 0 amide bonds. The molecular formula is C20H27N3O. The van der Waals surface area contributed by atoms with E-state index in [1.54, 1.807) is 0 Å². The van der Waals surface area contributed by atoms with Gasteiger partial charge in [0.1, 0.15) is 12.4 Å². The minimum absolute atomic E-state index is 0.563. The van der Waals surface area contributed by atoms with Gasteiger partial charge in [-0.2, -0.15) is 5.10 Å². The minimum Gasteiger partial charge on any atom is -0.489 e. The normalized spacial score (nSPS) is 13.8. The number of hydrogen-bond acceptors (Lipinski definition) is 3. The summed E-state index contributed by atoms with van der Waals surface area (Å²) in [5, 5.41) is 7.78. The lowest BCUT2D eigenvalue weighted by Crippen LogP contribution is -2.19. The van der Waals surface area contributed by atoms with Gasteiger partial charge in [-0.05, 0) is 56.9 Å². The number of hydrogen-bond donors (Lipinski definition) is 1. The zero-order valence-corrected chi connectivity index (χ0v) is 14.8. The molecule has 0 fully saturated rings. The van der Waals surface area contributed by atoms with E-state index in [9.17, 15) is 0 Å². The molecule has 0 bridgehead atoms. The monoisotopic (exact) mass is 325 g/mol. The van der Waals surface area contributed by atoms with Crippen molar-refractivity contribution in [3.8, 4) is 5.75 Å². The van der Waals surface area contributed by atoms with E-state index in [4.69, 9.17) is 4.74 Å². The fraction of sp³-hybridized carbons (Fsp3) is 0.450. The Labute approximate surface area is 144 Å². The summed E-state index contributed by atoms with van der Waals surface area (Å²) in [6.45, 7) is 8.15. The van der Waals surface area contributed by atoms with Gasteiger partial charge in [0.05, 0.1) is 5.69 Å². The van der Waals surface area contributed by atoms with Gasteiger partial charge in [-0.3, -0.25) is 10.00 Å². The summed E-state index contributed by atoms with van der Waals surface area (Å²) in [4.78, 5) is 2.30. The van der Waals surface area contributed by atoms with Crippen LogP contribution in [0.15, 0.2) is 36.4 Å². The maximum atomic E-state index is 5.88. The van der Waals surface area contributed by atoms with E-state index < -0.39 is 0 Å². The molecule has 24 heavy (non-hydrogen) atoms. The number of rotatable bonds is 7. The van der Waals surface area contributed by atoms with Gasteiger partial charge in [0, 0.05) is 24.3 Å². The number of nitrogens with one attached hydrogen (secondary N) is 1. The number of nitrogens with zero attached hydrogens (tertiary/aromatic N) is 2. The Kier molecular flexibility index (Phi) is 5.36. The zero-order chi connectivity index (χ0) is 16.9. The summed E-state index contributed by atoms with van der Waals surface area (Å²) in [5.74, 6) is 0.941. The summed E-state index contributed by atoms with van der Waals surface area (Å²) < 4.78 is 5.88. The Bertz CT molecular complexity index is 705. The van der Waals surface area contributed by atoms with Gasteiger partial charge >= 0.3 is 0 Å². The average molecular weight is 325 g/mol. The molecule has 3 rings (SSSR count). The van der Waals surface area contributed by atoms with Crippen LogP contribution in [0, 0.1) is 0 Å². The standard InChI is InChI=1S/C20H27N3O/c1-15(2)14-24-20-11-7-4-8-16(20)12-23(3)13-19-17-9-5-6-10-18(17)21-22-19/h4,7-8,11H,1,5-6,9-10,12-14H2,2-3H3,(H,21,22). The van der Waals surface area contributed by atoms with Crippen LogP contribution < -0.4 is 4.74 Å². The third-order valence-corrected chi connectivity index (χ3v) is 4.45. The van der Waals surface area contributed by atoms with Crippen LogP contribution in [0.25, 0.3) is 0 Å². The van der Waals surface area contributed by atoms with Crippen LogP contribution in [-0.4, -0.2) is 28.8 Å². The molecule has 0 spiro atoms. The lowest BCUT2D eigenvalue weighted by atomic mass is 9.96. The van der Waals surface area contributed by atoms with E-state index in [0.717, 1.165) is 37.3 Å². The fourth-order valence-corrected chi connectivity index (χ4v) is 3.26. The molecular weight excluding hydrogens is 298 g/mol. The number of H-pyrrole nitrogens is 1. The molecule has 0 atom stereocenters. The topological polar surface area (TPSA) is 41.1 Å². The molecule has 1 heterocycles. The maximum Gasteiger partial charge on any atom is 0.124 e. The highest BCUT2D eigenvalue weighted by molar-refractivity contribution is 5.34. The molecule has 0 saturated carbocycles. The first kappa shape index (κ1) is 16.8. The summed E-state index contributed by atoms with van der Waals surface area (Å²) in [7, 11) is 2.14. The first-order valence-corrected chi connectivity index (χ1v) is 8.72. The highest BCUT2D eigenvalue weighted by Gasteiger charge is 2.18. The van der Waals surface area contributed by atoms with Crippen LogP contribution in [0.5, 0.6) is 5.75 Å². The van der Waals surface area contributed by atoms with E-state index in [2.05, 4.69) is 40.9 Å². The Balaban J connectivity index is 1.66. The third-order valence-electron chi connectivity index (χ3n) is 4.45. The zero-order valence-electron chi connectivity index (χ0n) is 14.8. The Morgan fingerprint density at radius 1 is 1.25 bits per heavy atom. The predicted molar refractivity (Wildman–Crippen MR) is 97.2 cm³/mol. The van der Waals surface area contributed by atoms with Crippen LogP contribution in [0.2, 0.25) is 0 Å². The van der Waals surface area contributed by atoms with Crippen molar-refractivity contribution in [2.45, 2.75) is 45.7 Å². The lowest BCUT2D eigenvalue weighted by molar-refractivity contribution is 0.298. The SMILES string of the molecule is C=C(C)COc1ccccc1CN(C)Cc1n[nH]c2c1CCCC2. The number of benzene rings is 1. The minimum atomic E-state index is 0.563. The van der Waals surface area contributed by atoms with Crippen molar-refractivity contribution in [3.05, 3.63) is 58.9 Å². The van der Waals surface area contributed by atoms with Gasteiger partial charge < -0.3 is 4.74 Å². The van der Waals surface area contributed by atoms with E-state index in [0.29, 0.717) is 6.61 Å². The second-order valence-corrected chi connectivity index (χ2v) is 6.86. The van der Waals surface area contributed by atoms with Crippen molar-refractivity contribution in [1.82, 2.24) is 15.1 Å². The molecule has 4 nitrogen and oxygen atoms in total. The molecule has 1 aliphatic rings. The van der Waals surface area contributed by atoms with E-state index in [-0.39, 0.29) is 0 Å². The second-order valence-electron chi connectivity index (χ2n) is 6.86. The summed E-state index contributed by atoms with van der Waals surface area (Å²) >= 11 is 0. The summed E-state index contributed by atoms with van der Waals surface area (Å²) in [6.07, 6.45) is 4.86. The van der Waals surface area contributed by atoms with Crippen molar-refractivity contribution in [2.75, 3.05) is 13.7 Å². The number of para-hydroxylation sites is 1. The molecule has 4 heteroatoms. The van der Waals surface area contributed by atoms with Crippen LogP contribution in [-0.2, 0) is 25.9 Å². The van der Waals surface area contributed by atoms with Crippen molar-refractivity contribution in [2.24, 2.45) is 0 Å². The molecule has 1 aliphatic carbocycles. The number of aromatic amines is 1. The Morgan fingerprint density at radius 2 is 2.04 bits per heavy atom. The molecule has 0 unspecified atom stereocenters. The molecule has 1 aromatic carbocycles. The average Bonchev–Trinajstić information content (AvgIpc) is 2.97. The van der Waals surface area contributed by atoms with Crippen molar-refractivity contribution in [3.63, 3.8) is 0 Å². The third kappa shape index (κ3) is 4.06. The number of fused-ring (bicyclic) bond motifs is 1. The highest BCUT2D eigenvalue weighted by atomic mass is 16.5.